The van der Waals surface area contributed by atoms with Gasteiger partial charge in [-0.05, 0) is 57.5 Å². The standard InChI is InChI=1S/C19H30ClN5O/c1-15-7-6-10-24(14-15)9-3-2-8-21-18(26)17-16(20)13-22-19(23-17)25-11-4-5-12-25/h13,15H,2-12,14H2,1H3,(H,21,26)/t15-/m1/s1. The average Bonchev–Trinajstić information content (AvgIpc) is 3.16. The van der Waals surface area contributed by atoms with Crippen molar-refractivity contribution in [1.29, 1.82) is 0 Å². The maximum absolute atomic E-state index is 12.4. The highest BCUT2D eigenvalue weighted by atomic mass is 35.5. The second-order valence-corrected chi connectivity index (χ2v) is 7.98. The summed E-state index contributed by atoms with van der Waals surface area (Å²) in [5, 5.41) is 3.27. The Morgan fingerprint density at radius 2 is 2.08 bits per heavy atom. The number of hydrogen-bond acceptors (Lipinski definition) is 5. The normalized spacial score (nSPS) is 21.2. The van der Waals surface area contributed by atoms with E-state index in [4.69, 9.17) is 11.6 Å². The molecule has 3 rings (SSSR count). The number of carbonyl (C=O) groups is 1. The highest BCUT2D eigenvalue weighted by Gasteiger charge is 2.19. The molecule has 144 valence electrons. The number of rotatable bonds is 7. The molecule has 0 radical (unpaired) electrons. The number of nitrogens with zero attached hydrogens (tertiary/aromatic N) is 4. The first-order chi connectivity index (χ1) is 12.6. The van der Waals surface area contributed by atoms with Crippen LogP contribution in [0.3, 0.4) is 0 Å². The minimum absolute atomic E-state index is 0.204. The van der Waals surface area contributed by atoms with Crippen molar-refractivity contribution in [2.45, 2.75) is 45.4 Å². The molecule has 1 aromatic rings. The summed E-state index contributed by atoms with van der Waals surface area (Å²) in [5.41, 5.74) is 0.286. The van der Waals surface area contributed by atoms with E-state index in [0.29, 0.717) is 17.5 Å². The molecule has 0 aliphatic carbocycles. The summed E-state index contributed by atoms with van der Waals surface area (Å²) in [6, 6.07) is 0. The molecule has 1 atom stereocenters. The van der Waals surface area contributed by atoms with Crippen LogP contribution >= 0.6 is 11.6 Å². The molecule has 0 aromatic carbocycles. The number of piperidine rings is 1. The molecule has 0 bridgehead atoms. The van der Waals surface area contributed by atoms with Crippen molar-refractivity contribution in [2.75, 3.05) is 44.2 Å². The van der Waals surface area contributed by atoms with Gasteiger partial charge in [0.25, 0.3) is 5.91 Å². The van der Waals surface area contributed by atoms with Crippen LogP contribution in [0, 0.1) is 5.92 Å². The predicted octanol–water partition coefficient (Wildman–Crippen LogP) is 2.97. The van der Waals surface area contributed by atoms with Gasteiger partial charge in [0.1, 0.15) is 0 Å². The van der Waals surface area contributed by atoms with Gasteiger partial charge in [0.15, 0.2) is 5.69 Å². The van der Waals surface area contributed by atoms with E-state index in [1.165, 1.54) is 32.1 Å². The summed E-state index contributed by atoms with van der Waals surface area (Å²) in [6.45, 7) is 8.41. The summed E-state index contributed by atoms with van der Waals surface area (Å²) < 4.78 is 0. The van der Waals surface area contributed by atoms with Gasteiger partial charge in [-0.25, -0.2) is 9.97 Å². The zero-order valence-corrected chi connectivity index (χ0v) is 16.5. The fraction of sp³-hybridized carbons (Fsp3) is 0.737. The number of nitrogens with one attached hydrogen (secondary N) is 1. The summed E-state index contributed by atoms with van der Waals surface area (Å²) in [5.74, 6) is 1.22. The second kappa shape index (κ2) is 9.51. The Labute approximate surface area is 161 Å². The van der Waals surface area contributed by atoms with Crippen LogP contribution in [-0.4, -0.2) is 60.0 Å². The van der Waals surface area contributed by atoms with Crippen molar-refractivity contribution in [3.63, 3.8) is 0 Å². The van der Waals surface area contributed by atoms with E-state index in [1.807, 2.05) is 0 Å². The first kappa shape index (κ1) is 19.4. The second-order valence-electron chi connectivity index (χ2n) is 7.57. The number of halogens is 1. The Balaban J connectivity index is 1.42. The molecule has 0 spiro atoms. The van der Waals surface area contributed by atoms with Gasteiger partial charge in [-0.15, -0.1) is 0 Å². The van der Waals surface area contributed by atoms with Crippen LogP contribution in [0.1, 0.15) is 55.9 Å². The third-order valence-corrected chi connectivity index (χ3v) is 5.54. The monoisotopic (exact) mass is 379 g/mol. The molecule has 2 aliphatic rings. The van der Waals surface area contributed by atoms with E-state index < -0.39 is 0 Å². The van der Waals surface area contributed by atoms with Crippen molar-refractivity contribution in [2.24, 2.45) is 5.92 Å². The number of hydrogen-bond donors (Lipinski definition) is 1. The zero-order valence-electron chi connectivity index (χ0n) is 15.7. The first-order valence-corrected chi connectivity index (χ1v) is 10.3. The number of carbonyl (C=O) groups excluding carboxylic acids is 1. The SMILES string of the molecule is C[C@@H]1CCCN(CCCCNC(=O)c2nc(N3CCCC3)ncc2Cl)C1. The summed E-state index contributed by atoms with van der Waals surface area (Å²) >= 11 is 6.14. The lowest BCUT2D eigenvalue weighted by Gasteiger charge is -2.30. The van der Waals surface area contributed by atoms with Crippen LogP contribution in [0.25, 0.3) is 0 Å². The van der Waals surface area contributed by atoms with E-state index in [1.54, 1.807) is 0 Å². The fourth-order valence-corrected chi connectivity index (χ4v) is 4.00. The quantitative estimate of drug-likeness (QED) is 0.738. The van der Waals surface area contributed by atoms with Crippen molar-refractivity contribution in [1.82, 2.24) is 20.2 Å². The molecule has 7 heteroatoms. The third-order valence-electron chi connectivity index (χ3n) is 5.26. The Morgan fingerprint density at radius 3 is 2.85 bits per heavy atom. The van der Waals surface area contributed by atoms with Gasteiger partial charge >= 0.3 is 0 Å². The lowest BCUT2D eigenvalue weighted by Crippen LogP contribution is -2.35. The molecule has 2 fully saturated rings. The highest BCUT2D eigenvalue weighted by Crippen LogP contribution is 2.20. The number of likely N-dealkylation sites (tertiary alicyclic amines) is 1. The lowest BCUT2D eigenvalue weighted by molar-refractivity contribution is 0.0947. The number of unbranched alkanes of at least 4 members (excludes halogenated alkanes) is 1. The van der Waals surface area contributed by atoms with Crippen molar-refractivity contribution in [3.05, 3.63) is 16.9 Å². The molecule has 1 amide bonds. The topological polar surface area (TPSA) is 61.4 Å². The van der Waals surface area contributed by atoms with E-state index in [9.17, 15) is 4.79 Å². The van der Waals surface area contributed by atoms with Crippen LogP contribution in [0.4, 0.5) is 5.95 Å². The highest BCUT2D eigenvalue weighted by molar-refractivity contribution is 6.33. The van der Waals surface area contributed by atoms with Crippen LogP contribution < -0.4 is 10.2 Å². The molecule has 6 nitrogen and oxygen atoms in total. The van der Waals surface area contributed by atoms with E-state index in [0.717, 1.165) is 51.2 Å². The van der Waals surface area contributed by atoms with E-state index in [2.05, 4.69) is 32.0 Å². The van der Waals surface area contributed by atoms with Gasteiger partial charge in [0.2, 0.25) is 5.95 Å². The fourth-order valence-electron chi connectivity index (χ4n) is 3.82. The first-order valence-electron chi connectivity index (χ1n) is 9.91. The molecular weight excluding hydrogens is 350 g/mol. The predicted molar refractivity (Wildman–Crippen MR) is 105 cm³/mol. The number of anilines is 1. The van der Waals surface area contributed by atoms with Gasteiger partial charge in [0.05, 0.1) is 11.2 Å². The van der Waals surface area contributed by atoms with Gasteiger partial charge in [-0.1, -0.05) is 18.5 Å². The molecular formula is C19H30ClN5O. The van der Waals surface area contributed by atoms with E-state index in [-0.39, 0.29) is 11.6 Å². The molecule has 1 N–H and O–H groups in total. The summed E-state index contributed by atoms with van der Waals surface area (Å²) in [7, 11) is 0. The lowest BCUT2D eigenvalue weighted by atomic mass is 10.0. The Bertz CT molecular complexity index is 606. The van der Waals surface area contributed by atoms with Gasteiger partial charge in [0, 0.05) is 26.2 Å². The van der Waals surface area contributed by atoms with E-state index >= 15 is 0 Å². The van der Waals surface area contributed by atoms with Gasteiger partial charge < -0.3 is 15.1 Å². The molecule has 2 aliphatic heterocycles. The molecule has 0 unspecified atom stereocenters. The van der Waals surface area contributed by atoms with Crippen molar-refractivity contribution < 1.29 is 4.79 Å². The third kappa shape index (κ3) is 5.30. The van der Waals surface area contributed by atoms with Gasteiger partial charge in [-0.3, -0.25) is 4.79 Å². The summed E-state index contributed by atoms with van der Waals surface area (Å²) in [4.78, 5) is 25.7. The molecule has 1 aromatic heterocycles. The largest absolute Gasteiger partial charge is 0.351 e. The Hall–Kier alpha value is -1.40. The Morgan fingerprint density at radius 1 is 1.27 bits per heavy atom. The van der Waals surface area contributed by atoms with Crippen molar-refractivity contribution in [3.8, 4) is 0 Å². The van der Waals surface area contributed by atoms with Crippen LogP contribution in [0.2, 0.25) is 5.02 Å². The van der Waals surface area contributed by atoms with Crippen molar-refractivity contribution >= 4 is 23.5 Å². The summed E-state index contributed by atoms with van der Waals surface area (Å²) in [6.07, 6.45) is 8.55. The van der Waals surface area contributed by atoms with Crippen LogP contribution in [0.5, 0.6) is 0 Å². The Kier molecular flexibility index (Phi) is 7.08. The number of amides is 1. The minimum atomic E-state index is -0.204. The maximum atomic E-state index is 12.4. The molecule has 26 heavy (non-hydrogen) atoms. The van der Waals surface area contributed by atoms with Crippen LogP contribution in [-0.2, 0) is 0 Å². The molecule has 0 saturated carbocycles. The maximum Gasteiger partial charge on any atom is 0.271 e. The minimum Gasteiger partial charge on any atom is -0.351 e. The molecule has 3 heterocycles. The van der Waals surface area contributed by atoms with Gasteiger partial charge in [-0.2, -0.15) is 0 Å². The molecule has 2 saturated heterocycles. The number of aromatic nitrogens is 2. The average molecular weight is 380 g/mol. The smallest absolute Gasteiger partial charge is 0.271 e. The van der Waals surface area contributed by atoms with Crippen LogP contribution in [0.15, 0.2) is 6.20 Å². The zero-order chi connectivity index (χ0) is 18.4.